The summed E-state index contributed by atoms with van der Waals surface area (Å²) in [6.07, 6.45) is 4.16. The first kappa shape index (κ1) is 12.9. The van der Waals surface area contributed by atoms with Crippen molar-refractivity contribution in [3.63, 3.8) is 0 Å². The molecule has 0 aliphatic carbocycles. The molecule has 1 fully saturated rings. The summed E-state index contributed by atoms with van der Waals surface area (Å²) >= 11 is 0. The number of nitrogens with two attached hydrogens (primary N) is 1. The molecule has 0 radical (unpaired) electrons. The number of hydrogen-bond donors (Lipinski definition) is 2. The molecular weight excluding hydrogens is 214 g/mol. The number of nitrogens with one attached hydrogen (secondary N) is 1. The van der Waals surface area contributed by atoms with Gasteiger partial charge in [-0.3, -0.25) is 0 Å². The third-order valence-corrected chi connectivity index (χ3v) is 4.35. The number of nitrogens with zero attached hydrogens (tertiary/aromatic N) is 1. The Kier molecular flexibility index (Phi) is 4.98. The molecule has 0 aromatic rings. The lowest BCUT2D eigenvalue weighted by Gasteiger charge is -2.22. The SMILES string of the molecule is C[C@@H](CN)NS(=O)(=O)N1CCCCCC1. The molecule has 0 bridgehead atoms. The zero-order valence-corrected chi connectivity index (χ0v) is 10.1. The predicted octanol–water partition coefficient (Wildman–Crippen LogP) is 0.0440. The average molecular weight is 235 g/mol. The van der Waals surface area contributed by atoms with Crippen LogP contribution in [0.2, 0.25) is 0 Å². The highest BCUT2D eigenvalue weighted by Crippen LogP contribution is 2.12. The van der Waals surface area contributed by atoms with E-state index in [0.29, 0.717) is 19.6 Å². The van der Waals surface area contributed by atoms with Crippen molar-refractivity contribution >= 4 is 10.2 Å². The number of rotatable bonds is 4. The zero-order chi connectivity index (χ0) is 11.3. The minimum Gasteiger partial charge on any atom is -0.329 e. The Hall–Kier alpha value is -0.170. The molecule has 1 saturated heterocycles. The molecule has 1 aliphatic heterocycles. The third-order valence-electron chi connectivity index (χ3n) is 2.61. The van der Waals surface area contributed by atoms with Crippen LogP contribution in [0.3, 0.4) is 0 Å². The smallest absolute Gasteiger partial charge is 0.279 e. The first-order valence-corrected chi connectivity index (χ1v) is 6.98. The molecule has 0 amide bonds. The summed E-state index contributed by atoms with van der Waals surface area (Å²) in [6, 6.07) is -0.196. The Balaban J connectivity index is 2.58. The van der Waals surface area contributed by atoms with Gasteiger partial charge in [-0.2, -0.15) is 17.4 Å². The van der Waals surface area contributed by atoms with Crippen LogP contribution >= 0.6 is 0 Å². The van der Waals surface area contributed by atoms with E-state index in [1.165, 1.54) is 4.31 Å². The van der Waals surface area contributed by atoms with E-state index in [0.717, 1.165) is 25.7 Å². The van der Waals surface area contributed by atoms with Gasteiger partial charge in [-0.25, -0.2) is 0 Å². The molecule has 0 spiro atoms. The summed E-state index contributed by atoms with van der Waals surface area (Å²) in [5.74, 6) is 0. The van der Waals surface area contributed by atoms with Gasteiger partial charge >= 0.3 is 0 Å². The Morgan fingerprint density at radius 3 is 2.27 bits per heavy atom. The minimum absolute atomic E-state index is 0.196. The van der Waals surface area contributed by atoms with Crippen LogP contribution in [-0.2, 0) is 10.2 Å². The van der Waals surface area contributed by atoms with Crippen molar-refractivity contribution in [2.75, 3.05) is 19.6 Å². The van der Waals surface area contributed by atoms with Gasteiger partial charge in [0.25, 0.3) is 10.2 Å². The molecule has 1 atom stereocenters. The average Bonchev–Trinajstić information content (AvgIpc) is 2.45. The molecule has 1 aliphatic rings. The number of hydrogen-bond acceptors (Lipinski definition) is 3. The van der Waals surface area contributed by atoms with Crippen molar-refractivity contribution in [2.24, 2.45) is 5.73 Å². The van der Waals surface area contributed by atoms with Crippen molar-refractivity contribution in [3.05, 3.63) is 0 Å². The van der Waals surface area contributed by atoms with Crippen LogP contribution in [0.25, 0.3) is 0 Å². The molecule has 0 saturated carbocycles. The van der Waals surface area contributed by atoms with Crippen molar-refractivity contribution in [1.82, 2.24) is 9.03 Å². The van der Waals surface area contributed by atoms with Crippen molar-refractivity contribution in [1.29, 1.82) is 0 Å². The van der Waals surface area contributed by atoms with E-state index >= 15 is 0 Å². The van der Waals surface area contributed by atoms with Gasteiger partial charge in [-0.1, -0.05) is 12.8 Å². The topological polar surface area (TPSA) is 75.4 Å². The third kappa shape index (κ3) is 4.06. The summed E-state index contributed by atoms with van der Waals surface area (Å²) in [7, 11) is -3.31. The standard InChI is InChI=1S/C9H21N3O2S/c1-9(8-10)11-15(13,14)12-6-4-2-3-5-7-12/h9,11H,2-8,10H2,1H3/t9-/m0/s1. The predicted molar refractivity (Wildman–Crippen MR) is 60.6 cm³/mol. The molecule has 1 heterocycles. The maximum Gasteiger partial charge on any atom is 0.279 e. The van der Waals surface area contributed by atoms with E-state index in [2.05, 4.69) is 4.72 Å². The quantitative estimate of drug-likeness (QED) is 0.722. The molecule has 0 unspecified atom stereocenters. The van der Waals surface area contributed by atoms with Gasteiger partial charge in [0.1, 0.15) is 0 Å². The highest BCUT2D eigenvalue weighted by atomic mass is 32.2. The fourth-order valence-corrected chi connectivity index (χ4v) is 3.15. The molecule has 3 N–H and O–H groups in total. The van der Waals surface area contributed by atoms with Gasteiger partial charge in [-0.05, 0) is 19.8 Å². The molecular formula is C9H21N3O2S. The Morgan fingerprint density at radius 1 is 1.27 bits per heavy atom. The largest absolute Gasteiger partial charge is 0.329 e. The van der Waals surface area contributed by atoms with Gasteiger partial charge < -0.3 is 5.73 Å². The van der Waals surface area contributed by atoms with E-state index in [1.807, 2.05) is 0 Å². The van der Waals surface area contributed by atoms with E-state index in [4.69, 9.17) is 5.73 Å². The van der Waals surface area contributed by atoms with Crippen LogP contribution in [0.5, 0.6) is 0 Å². The lowest BCUT2D eigenvalue weighted by Crippen LogP contribution is -2.47. The lowest BCUT2D eigenvalue weighted by atomic mass is 10.2. The van der Waals surface area contributed by atoms with E-state index in [-0.39, 0.29) is 6.04 Å². The molecule has 0 aromatic carbocycles. The summed E-state index contributed by atoms with van der Waals surface area (Å²) < 4.78 is 27.8. The van der Waals surface area contributed by atoms with Crippen LogP contribution in [-0.4, -0.2) is 38.4 Å². The second-order valence-electron chi connectivity index (χ2n) is 4.07. The fourth-order valence-electron chi connectivity index (χ4n) is 1.66. The van der Waals surface area contributed by atoms with Crippen LogP contribution in [0, 0.1) is 0 Å². The molecule has 1 rings (SSSR count). The summed E-state index contributed by atoms with van der Waals surface area (Å²) in [5.41, 5.74) is 5.39. The second kappa shape index (κ2) is 5.79. The van der Waals surface area contributed by atoms with Gasteiger partial charge in [0.05, 0.1) is 0 Å². The van der Waals surface area contributed by atoms with Crippen LogP contribution in [0.4, 0.5) is 0 Å². The first-order chi connectivity index (χ1) is 7.06. The van der Waals surface area contributed by atoms with Crippen molar-refractivity contribution in [2.45, 2.75) is 38.6 Å². The van der Waals surface area contributed by atoms with Crippen molar-refractivity contribution in [3.8, 4) is 0 Å². The summed E-state index contributed by atoms with van der Waals surface area (Å²) in [4.78, 5) is 0. The van der Waals surface area contributed by atoms with Gasteiger partial charge in [0.15, 0.2) is 0 Å². The molecule has 5 nitrogen and oxygen atoms in total. The molecule has 6 heteroatoms. The maximum absolute atomic E-state index is 11.9. The monoisotopic (exact) mass is 235 g/mol. The first-order valence-electron chi connectivity index (χ1n) is 5.54. The summed E-state index contributed by atoms with van der Waals surface area (Å²) in [5, 5.41) is 0. The van der Waals surface area contributed by atoms with Gasteiger partial charge in [-0.15, -0.1) is 0 Å². The van der Waals surface area contributed by atoms with Crippen molar-refractivity contribution < 1.29 is 8.42 Å². The van der Waals surface area contributed by atoms with Crippen LogP contribution in [0.15, 0.2) is 0 Å². The van der Waals surface area contributed by atoms with Crippen LogP contribution in [0.1, 0.15) is 32.6 Å². The zero-order valence-electron chi connectivity index (χ0n) is 9.28. The highest BCUT2D eigenvalue weighted by Gasteiger charge is 2.23. The maximum atomic E-state index is 11.9. The van der Waals surface area contributed by atoms with Crippen LogP contribution < -0.4 is 10.5 Å². The fraction of sp³-hybridized carbons (Fsp3) is 1.00. The second-order valence-corrected chi connectivity index (χ2v) is 5.78. The van der Waals surface area contributed by atoms with Gasteiger partial charge in [0, 0.05) is 25.7 Å². The molecule has 90 valence electrons. The van der Waals surface area contributed by atoms with E-state index in [9.17, 15) is 8.42 Å². The van der Waals surface area contributed by atoms with E-state index in [1.54, 1.807) is 6.92 Å². The Bertz CT molecular complexity index is 271. The highest BCUT2D eigenvalue weighted by molar-refractivity contribution is 7.87. The van der Waals surface area contributed by atoms with E-state index < -0.39 is 10.2 Å². The minimum atomic E-state index is -3.31. The Labute approximate surface area is 92.2 Å². The normalized spacial score (nSPS) is 22.3. The lowest BCUT2D eigenvalue weighted by molar-refractivity contribution is 0.409. The molecule has 0 aromatic heterocycles. The molecule has 15 heavy (non-hydrogen) atoms. The Morgan fingerprint density at radius 2 is 1.80 bits per heavy atom. The van der Waals surface area contributed by atoms with Gasteiger partial charge in [0.2, 0.25) is 0 Å². The summed E-state index contributed by atoms with van der Waals surface area (Å²) in [6.45, 7) is 3.36.